The fourth-order valence-corrected chi connectivity index (χ4v) is 3.46. The minimum Gasteiger partial charge on any atom is -0.345 e. The van der Waals surface area contributed by atoms with Crippen LogP contribution in [0.2, 0.25) is 0 Å². The first-order valence-electron chi connectivity index (χ1n) is 9.77. The first kappa shape index (κ1) is 20.0. The summed E-state index contributed by atoms with van der Waals surface area (Å²) in [5.41, 5.74) is 8.85. The van der Waals surface area contributed by atoms with Gasteiger partial charge in [0.05, 0.1) is 0 Å². The minimum atomic E-state index is -0.593. The third kappa shape index (κ3) is 5.90. The average Bonchev–Trinajstić information content (AvgIpc) is 2.74. The summed E-state index contributed by atoms with van der Waals surface area (Å²) in [5.74, 6) is -1.15. The van der Waals surface area contributed by atoms with E-state index in [2.05, 4.69) is 27.7 Å². The Bertz CT molecular complexity index is 786. The van der Waals surface area contributed by atoms with E-state index in [-0.39, 0.29) is 6.04 Å². The number of nitrogens with two attached hydrogens (primary N) is 1. The van der Waals surface area contributed by atoms with Crippen LogP contribution in [-0.4, -0.2) is 35.8 Å². The van der Waals surface area contributed by atoms with Crippen molar-refractivity contribution in [2.24, 2.45) is 5.73 Å². The van der Waals surface area contributed by atoms with Gasteiger partial charge in [-0.25, -0.2) is 0 Å². The first-order valence-corrected chi connectivity index (χ1v) is 9.77. The number of piperidine rings is 1. The number of rotatable bonds is 6. The van der Waals surface area contributed by atoms with Gasteiger partial charge in [0, 0.05) is 38.8 Å². The van der Waals surface area contributed by atoms with Gasteiger partial charge in [-0.05, 0) is 29.5 Å². The molecular formula is C22H28N4O2. The van der Waals surface area contributed by atoms with E-state index in [4.69, 9.17) is 5.73 Å². The summed E-state index contributed by atoms with van der Waals surface area (Å²) < 4.78 is 0. The molecule has 2 aromatic rings. The smallest absolute Gasteiger partial charge is 0.309 e. The lowest BCUT2D eigenvalue weighted by molar-refractivity contribution is -0.139. The number of carbonyl (C=O) groups is 2. The number of hydrogen-bond acceptors (Lipinski definition) is 4. The van der Waals surface area contributed by atoms with Crippen molar-refractivity contribution < 1.29 is 9.59 Å². The van der Waals surface area contributed by atoms with E-state index in [0.717, 1.165) is 43.6 Å². The molecule has 0 spiro atoms. The fourth-order valence-electron chi connectivity index (χ4n) is 3.46. The SMILES string of the molecule is NCc1cccc(CNC(=O)C(=O)NC2CCN(Cc3ccccc3)CC2)c1. The minimum absolute atomic E-state index is 0.0471. The van der Waals surface area contributed by atoms with Gasteiger partial charge in [0.1, 0.15) is 0 Å². The average molecular weight is 380 g/mol. The van der Waals surface area contributed by atoms with Gasteiger partial charge in [0.2, 0.25) is 0 Å². The van der Waals surface area contributed by atoms with Gasteiger partial charge in [-0.3, -0.25) is 14.5 Å². The van der Waals surface area contributed by atoms with Crippen LogP contribution in [0.5, 0.6) is 0 Å². The van der Waals surface area contributed by atoms with Gasteiger partial charge in [-0.1, -0.05) is 54.6 Å². The van der Waals surface area contributed by atoms with E-state index in [1.54, 1.807) is 0 Å². The molecule has 148 valence electrons. The van der Waals surface area contributed by atoms with Crippen LogP contribution in [0.1, 0.15) is 29.5 Å². The lowest BCUT2D eigenvalue weighted by atomic mass is 10.0. The lowest BCUT2D eigenvalue weighted by Gasteiger charge is -2.32. The zero-order valence-corrected chi connectivity index (χ0v) is 16.1. The molecule has 0 aliphatic carbocycles. The Balaban J connectivity index is 1.39. The molecule has 28 heavy (non-hydrogen) atoms. The Morgan fingerprint density at radius 3 is 2.32 bits per heavy atom. The lowest BCUT2D eigenvalue weighted by Crippen LogP contribution is -2.48. The molecule has 4 N–H and O–H groups in total. The molecule has 0 aromatic heterocycles. The van der Waals surface area contributed by atoms with Crippen molar-refractivity contribution in [3.8, 4) is 0 Å². The van der Waals surface area contributed by atoms with Crippen molar-refractivity contribution in [2.75, 3.05) is 13.1 Å². The predicted molar refractivity (Wildman–Crippen MR) is 109 cm³/mol. The maximum Gasteiger partial charge on any atom is 0.309 e. The van der Waals surface area contributed by atoms with Crippen molar-refractivity contribution in [1.82, 2.24) is 15.5 Å². The highest BCUT2D eigenvalue weighted by Gasteiger charge is 2.23. The van der Waals surface area contributed by atoms with E-state index < -0.39 is 11.8 Å². The molecule has 1 saturated heterocycles. The molecule has 0 bridgehead atoms. The molecule has 3 rings (SSSR count). The summed E-state index contributed by atoms with van der Waals surface area (Å²) in [5, 5.41) is 5.54. The Morgan fingerprint density at radius 2 is 1.61 bits per heavy atom. The summed E-state index contributed by atoms with van der Waals surface area (Å²) in [6.45, 7) is 3.51. The molecule has 1 aliphatic rings. The summed E-state index contributed by atoms with van der Waals surface area (Å²) in [7, 11) is 0. The molecule has 2 aromatic carbocycles. The largest absolute Gasteiger partial charge is 0.345 e. The molecule has 1 fully saturated rings. The highest BCUT2D eigenvalue weighted by molar-refractivity contribution is 6.35. The number of benzene rings is 2. The van der Waals surface area contributed by atoms with Gasteiger partial charge >= 0.3 is 11.8 Å². The van der Waals surface area contributed by atoms with Crippen LogP contribution in [-0.2, 0) is 29.2 Å². The van der Waals surface area contributed by atoms with Crippen molar-refractivity contribution in [3.63, 3.8) is 0 Å². The third-order valence-corrected chi connectivity index (χ3v) is 5.06. The van der Waals surface area contributed by atoms with Crippen LogP contribution in [0.25, 0.3) is 0 Å². The number of amides is 2. The van der Waals surface area contributed by atoms with E-state index in [0.29, 0.717) is 13.1 Å². The molecule has 0 radical (unpaired) electrons. The zero-order valence-electron chi connectivity index (χ0n) is 16.1. The quantitative estimate of drug-likeness (QED) is 0.664. The summed E-state index contributed by atoms with van der Waals surface area (Å²) in [4.78, 5) is 26.6. The molecule has 6 heteroatoms. The maximum atomic E-state index is 12.2. The van der Waals surface area contributed by atoms with Crippen molar-refractivity contribution in [1.29, 1.82) is 0 Å². The normalized spacial score (nSPS) is 15.2. The Morgan fingerprint density at radius 1 is 0.929 bits per heavy atom. The third-order valence-electron chi connectivity index (χ3n) is 5.06. The summed E-state index contributed by atoms with van der Waals surface area (Å²) in [6, 6.07) is 18.1. The molecule has 0 atom stereocenters. The maximum absolute atomic E-state index is 12.2. The zero-order chi connectivity index (χ0) is 19.8. The van der Waals surface area contributed by atoms with Crippen molar-refractivity contribution in [2.45, 2.75) is 38.5 Å². The topological polar surface area (TPSA) is 87.5 Å². The van der Waals surface area contributed by atoms with Crippen molar-refractivity contribution in [3.05, 3.63) is 71.3 Å². The second kappa shape index (κ2) is 10.0. The first-order chi connectivity index (χ1) is 13.6. The number of carbonyl (C=O) groups excluding carboxylic acids is 2. The molecule has 1 heterocycles. The van der Waals surface area contributed by atoms with Gasteiger partial charge in [-0.2, -0.15) is 0 Å². The second-order valence-electron chi connectivity index (χ2n) is 7.22. The molecule has 0 saturated carbocycles. The highest BCUT2D eigenvalue weighted by atomic mass is 16.2. The number of hydrogen-bond donors (Lipinski definition) is 3. The molecule has 1 aliphatic heterocycles. The molecule has 0 unspecified atom stereocenters. The van der Waals surface area contributed by atoms with Crippen LogP contribution in [0.4, 0.5) is 0 Å². The van der Waals surface area contributed by atoms with Crippen LogP contribution >= 0.6 is 0 Å². The number of nitrogens with zero attached hydrogens (tertiary/aromatic N) is 1. The summed E-state index contributed by atoms with van der Waals surface area (Å²) in [6.07, 6.45) is 1.70. The van der Waals surface area contributed by atoms with E-state index in [1.165, 1.54) is 5.56 Å². The highest BCUT2D eigenvalue weighted by Crippen LogP contribution is 2.13. The van der Waals surface area contributed by atoms with Crippen LogP contribution < -0.4 is 16.4 Å². The predicted octanol–water partition coefficient (Wildman–Crippen LogP) is 1.54. The number of likely N-dealkylation sites (tertiary alicyclic amines) is 1. The van der Waals surface area contributed by atoms with Gasteiger partial charge in [0.25, 0.3) is 0 Å². The monoisotopic (exact) mass is 380 g/mol. The summed E-state index contributed by atoms with van der Waals surface area (Å²) >= 11 is 0. The van der Waals surface area contributed by atoms with Gasteiger partial charge in [-0.15, -0.1) is 0 Å². The van der Waals surface area contributed by atoms with Crippen LogP contribution in [0.15, 0.2) is 54.6 Å². The Kier molecular flexibility index (Phi) is 7.17. The number of nitrogens with one attached hydrogen (secondary N) is 2. The Labute approximate surface area is 166 Å². The fraction of sp³-hybridized carbons (Fsp3) is 0.364. The van der Waals surface area contributed by atoms with Crippen LogP contribution in [0.3, 0.4) is 0 Å². The molecule has 2 amide bonds. The second-order valence-corrected chi connectivity index (χ2v) is 7.22. The molecule has 6 nitrogen and oxygen atoms in total. The van der Waals surface area contributed by atoms with E-state index in [9.17, 15) is 9.59 Å². The van der Waals surface area contributed by atoms with E-state index in [1.807, 2.05) is 42.5 Å². The van der Waals surface area contributed by atoms with Gasteiger partial charge < -0.3 is 16.4 Å². The molecular weight excluding hydrogens is 352 g/mol. The van der Waals surface area contributed by atoms with E-state index >= 15 is 0 Å². The van der Waals surface area contributed by atoms with Gasteiger partial charge in [0.15, 0.2) is 0 Å². The standard InChI is InChI=1S/C22H28N4O2/c23-14-18-7-4-8-19(13-18)15-24-21(27)22(28)25-20-9-11-26(12-10-20)16-17-5-2-1-3-6-17/h1-8,13,20H,9-12,14-16,23H2,(H,24,27)(H,25,28). The Hall–Kier alpha value is -2.70. The van der Waals surface area contributed by atoms with Crippen molar-refractivity contribution >= 4 is 11.8 Å². The van der Waals surface area contributed by atoms with Crippen LogP contribution in [0, 0.1) is 0 Å².